The Morgan fingerprint density at radius 2 is 2.08 bits per heavy atom. The highest BCUT2D eigenvalue weighted by Crippen LogP contribution is 2.23. The molecule has 2 amide bonds. The summed E-state index contributed by atoms with van der Waals surface area (Å²) in [6.07, 6.45) is 0.685. The largest absolute Gasteiger partial charge is 0.465 e. The molecule has 1 fully saturated rings. The molecule has 8 heteroatoms. The van der Waals surface area contributed by atoms with Crippen molar-refractivity contribution in [3.8, 4) is 0 Å². The maximum absolute atomic E-state index is 12.4. The summed E-state index contributed by atoms with van der Waals surface area (Å²) in [5.41, 5.74) is 0.387. The minimum atomic E-state index is -0.235. The lowest BCUT2D eigenvalue weighted by Gasteiger charge is -2.33. The molecule has 2 aliphatic rings. The second kappa shape index (κ2) is 7.79. The monoisotopic (exact) mass is 348 g/mol. The smallest absolute Gasteiger partial charge is 0.267 e. The van der Waals surface area contributed by atoms with Gasteiger partial charge in [-0.25, -0.2) is 5.01 Å². The second-order valence-electron chi connectivity index (χ2n) is 6.29. The third-order valence-electron chi connectivity index (χ3n) is 4.50. The number of ether oxygens (including phenoxy) is 1. The average molecular weight is 348 g/mol. The van der Waals surface area contributed by atoms with Gasteiger partial charge in [0.2, 0.25) is 5.91 Å². The molecule has 1 N–H and O–H groups in total. The normalized spacial score (nSPS) is 20.3. The first kappa shape index (κ1) is 17.6. The van der Waals surface area contributed by atoms with E-state index in [1.807, 2.05) is 19.1 Å². The van der Waals surface area contributed by atoms with Crippen LogP contribution in [0, 0.1) is 6.92 Å². The molecule has 0 radical (unpaired) electrons. The fourth-order valence-electron chi connectivity index (χ4n) is 3.06. The molecule has 0 saturated carbocycles. The zero-order valence-corrected chi connectivity index (χ0v) is 14.7. The Morgan fingerprint density at radius 3 is 2.72 bits per heavy atom. The van der Waals surface area contributed by atoms with Crippen molar-refractivity contribution in [1.82, 2.24) is 15.2 Å². The van der Waals surface area contributed by atoms with E-state index in [2.05, 4.69) is 15.3 Å². The summed E-state index contributed by atoms with van der Waals surface area (Å²) in [6, 6.07) is 3.83. The van der Waals surface area contributed by atoms with Gasteiger partial charge in [-0.2, -0.15) is 5.10 Å². The van der Waals surface area contributed by atoms with Gasteiger partial charge in [0.25, 0.3) is 5.91 Å². The molecule has 1 aromatic rings. The van der Waals surface area contributed by atoms with Crippen LogP contribution >= 0.6 is 0 Å². The van der Waals surface area contributed by atoms with Gasteiger partial charge in [0.15, 0.2) is 0 Å². The third kappa shape index (κ3) is 4.26. The summed E-state index contributed by atoms with van der Waals surface area (Å²) < 4.78 is 11.2. The molecule has 0 bridgehead atoms. The van der Waals surface area contributed by atoms with Gasteiger partial charge < -0.3 is 14.5 Å². The molecule has 3 heterocycles. The van der Waals surface area contributed by atoms with Gasteiger partial charge >= 0.3 is 0 Å². The van der Waals surface area contributed by atoms with E-state index in [4.69, 9.17) is 9.15 Å². The lowest BCUT2D eigenvalue weighted by molar-refractivity contribution is -0.130. The molecule has 136 valence electrons. The number of carbonyl (C=O) groups excluding carboxylic acids is 2. The van der Waals surface area contributed by atoms with Crippen LogP contribution in [0.4, 0.5) is 0 Å². The highest BCUT2D eigenvalue weighted by molar-refractivity contribution is 6.39. The van der Waals surface area contributed by atoms with Crippen molar-refractivity contribution in [3.05, 3.63) is 23.7 Å². The quantitative estimate of drug-likeness (QED) is 0.846. The zero-order valence-electron chi connectivity index (χ0n) is 14.7. The van der Waals surface area contributed by atoms with Crippen LogP contribution in [0.25, 0.3) is 0 Å². The van der Waals surface area contributed by atoms with Crippen molar-refractivity contribution in [3.63, 3.8) is 0 Å². The Balaban J connectivity index is 1.67. The van der Waals surface area contributed by atoms with E-state index in [0.717, 1.165) is 24.6 Å². The highest BCUT2D eigenvalue weighted by Gasteiger charge is 2.27. The number of furan rings is 1. The topological polar surface area (TPSA) is 87.4 Å². The molecule has 0 aliphatic carbocycles. The maximum Gasteiger partial charge on any atom is 0.267 e. The Kier molecular flexibility index (Phi) is 5.50. The van der Waals surface area contributed by atoms with Crippen LogP contribution in [0.5, 0.6) is 0 Å². The maximum atomic E-state index is 12.4. The molecule has 1 atom stereocenters. The van der Waals surface area contributed by atoms with Crippen LogP contribution in [-0.2, 0) is 14.3 Å². The third-order valence-corrected chi connectivity index (χ3v) is 4.50. The Bertz CT molecular complexity index is 663. The van der Waals surface area contributed by atoms with E-state index in [9.17, 15) is 9.59 Å². The fraction of sp³-hybridized carbons (Fsp3) is 0.588. The molecule has 0 unspecified atom stereocenters. The summed E-state index contributed by atoms with van der Waals surface area (Å²) in [4.78, 5) is 26.1. The number of carbonyl (C=O) groups is 2. The van der Waals surface area contributed by atoms with Gasteiger partial charge in [0.05, 0.1) is 19.3 Å². The lowest BCUT2D eigenvalue weighted by Crippen LogP contribution is -2.45. The predicted molar refractivity (Wildman–Crippen MR) is 91.0 cm³/mol. The Morgan fingerprint density at radius 1 is 1.32 bits per heavy atom. The van der Waals surface area contributed by atoms with Crippen molar-refractivity contribution >= 4 is 17.5 Å². The first-order valence-electron chi connectivity index (χ1n) is 8.55. The number of nitrogens with zero attached hydrogens (tertiary/aromatic N) is 3. The Hall–Kier alpha value is -2.19. The van der Waals surface area contributed by atoms with Crippen molar-refractivity contribution in [2.24, 2.45) is 5.10 Å². The van der Waals surface area contributed by atoms with Gasteiger partial charge in [-0.1, -0.05) is 0 Å². The number of amides is 2. The van der Waals surface area contributed by atoms with Gasteiger partial charge in [-0.3, -0.25) is 14.5 Å². The summed E-state index contributed by atoms with van der Waals surface area (Å²) >= 11 is 0. The van der Waals surface area contributed by atoms with Crippen LogP contribution in [0.1, 0.15) is 30.4 Å². The number of hydrazone groups is 1. The van der Waals surface area contributed by atoms with Crippen LogP contribution < -0.4 is 5.32 Å². The molecular formula is C17H24N4O4. The van der Waals surface area contributed by atoms with E-state index in [0.29, 0.717) is 38.3 Å². The minimum Gasteiger partial charge on any atom is -0.465 e. The second-order valence-corrected chi connectivity index (χ2v) is 6.29. The standard InChI is InChI=1S/C17H24N4O4/c1-12-3-5-15(25-12)14(21-7-9-24-10-8-21)11-18-17(23)13-4-6-16(22)20(2)19-13/h3,5,14H,4,6-11H2,1-2H3,(H,18,23)/t14-/m1/s1. The molecule has 2 aliphatic heterocycles. The number of nitrogens with one attached hydrogen (secondary N) is 1. The van der Waals surface area contributed by atoms with Gasteiger partial charge in [-0.05, 0) is 19.1 Å². The van der Waals surface area contributed by atoms with E-state index in [-0.39, 0.29) is 17.9 Å². The SMILES string of the molecule is Cc1ccc([C@@H](CNC(=O)C2=NN(C)C(=O)CC2)N2CCOCC2)o1. The van der Waals surface area contributed by atoms with Gasteiger partial charge in [0, 0.05) is 39.5 Å². The first-order valence-corrected chi connectivity index (χ1v) is 8.55. The molecule has 1 aromatic heterocycles. The van der Waals surface area contributed by atoms with Crippen LogP contribution in [-0.4, -0.2) is 67.3 Å². The summed E-state index contributed by atoms with van der Waals surface area (Å²) in [5.74, 6) is 1.36. The lowest BCUT2D eigenvalue weighted by atomic mass is 10.1. The molecule has 0 aromatic carbocycles. The molecule has 8 nitrogen and oxygen atoms in total. The number of hydrogen-bond acceptors (Lipinski definition) is 6. The molecular weight excluding hydrogens is 324 g/mol. The van der Waals surface area contributed by atoms with Crippen LogP contribution in [0.2, 0.25) is 0 Å². The predicted octanol–water partition coefficient (Wildman–Crippen LogP) is 0.686. The molecule has 0 spiro atoms. The summed E-state index contributed by atoms with van der Waals surface area (Å²) in [5, 5.41) is 8.23. The van der Waals surface area contributed by atoms with Gasteiger partial charge in [-0.15, -0.1) is 0 Å². The number of rotatable bonds is 5. The van der Waals surface area contributed by atoms with Crippen molar-refractivity contribution < 1.29 is 18.7 Å². The van der Waals surface area contributed by atoms with Crippen molar-refractivity contribution in [1.29, 1.82) is 0 Å². The average Bonchev–Trinajstić information content (AvgIpc) is 3.04. The first-order chi connectivity index (χ1) is 12.0. The molecule has 25 heavy (non-hydrogen) atoms. The van der Waals surface area contributed by atoms with Crippen molar-refractivity contribution in [2.75, 3.05) is 39.9 Å². The zero-order chi connectivity index (χ0) is 17.8. The van der Waals surface area contributed by atoms with Crippen molar-refractivity contribution in [2.45, 2.75) is 25.8 Å². The highest BCUT2D eigenvalue weighted by atomic mass is 16.5. The molecule has 1 saturated heterocycles. The number of aryl methyl sites for hydroxylation is 1. The van der Waals surface area contributed by atoms with E-state index in [1.165, 1.54) is 5.01 Å². The van der Waals surface area contributed by atoms with E-state index >= 15 is 0 Å². The number of morpholine rings is 1. The number of hydrogen-bond donors (Lipinski definition) is 1. The van der Waals surface area contributed by atoms with Crippen LogP contribution in [0.3, 0.4) is 0 Å². The van der Waals surface area contributed by atoms with Gasteiger partial charge in [0.1, 0.15) is 17.2 Å². The van der Waals surface area contributed by atoms with Crippen LogP contribution in [0.15, 0.2) is 21.7 Å². The van der Waals surface area contributed by atoms with E-state index in [1.54, 1.807) is 7.05 Å². The van der Waals surface area contributed by atoms with E-state index < -0.39 is 0 Å². The summed E-state index contributed by atoms with van der Waals surface area (Å²) in [6.45, 7) is 5.25. The molecule has 3 rings (SSSR count). The fourth-order valence-corrected chi connectivity index (χ4v) is 3.06. The Labute approximate surface area is 146 Å². The summed E-state index contributed by atoms with van der Waals surface area (Å²) in [7, 11) is 1.57. The minimum absolute atomic E-state index is 0.0508.